The Labute approximate surface area is 104 Å². The lowest BCUT2D eigenvalue weighted by Gasteiger charge is -2.60. The monoisotopic (exact) mass is 234 g/mol. The number of carbonyl (C=O) groups is 1. The molecule has 2 aliphatic heterocycles. The van der Waals surface area contributed by atoms with Crippen molar-refractivity contribution in [3.8, 4) is 11.8 Å². The molecule has 2 rings (SSSR count). The summed E-state index contributed by atoms with van der Waals surface area (Å²) in [4.78, 5) is 15.8. The summed E-state index contributed by atoms with van der Waals surface area (Å²) in [5, 5.41) is 0. The quantitative estimate of drug-likeness (QED) is 0.670. The van der Waals surface area contributed by atoms with Gasteiger partial charge in [0, 0.05) is 43.9 Å². The standard InChI is InChI=1S/C14H22N2O/c1-4-13(17)16-10-14(11-16)8-15(9-14)7-5-6-12(2)3/h12H,4,7-11H2,1-3H3. The fourth-order valence-corrected chi connectivity index (χ4v) is 2.74. The molecule has 2 fully saturated rings. The first kappa shape index (κ1) is 12.4. The van der Waals surface area contributed by atoms with Crippen LogP contribution in [-0.4, -0.2) is 48.4 Å². The van der Waals surface area contributed by atoms with Gasteiger partial charge in [0.15, 0.2) is 0 Å². The number of nitrogens with zero attached hydrogens (tertiary/aromatic N) is 2. The van der Waals surface area contributed by atoms with E-state index < -0.39 is 0 Å². The summed E-state index contributed by atoms with van der Waals surface area (Å²) < 4.78 is 0. The normalized spacial score (nSPS) is 21.8. The van der Waals surface area contributed by atoms with Crippen molar-refractivity contribution in [1.29, 1.82) is 0 Å². The van der Waals surface area contributed by atoms with E-state index in [-0.39, 0.29) is 0 Å². The van der Waals surface area contributed by atoms with Gasteiger partial charge in [-0.1, -0.05) is 32.6 Å². The van der Waals surface area contributed by atoms with E-state index in [1.807, 2.05) is 11.8 Å². The summed E-state index contributed by atoms with van der Waals surface area (Å²) in [6.45, 7) is 11.2. The maximum atomic E-state index is 11.4. The van der Waals surface area contributed by atoms with E-state index in [4.69, 9.17) is 0 Å². The number of carbonyl (C=O) groups excluding carboxylic acids is 1. The van der Waals surface area contributed by atoms with Gasteiger partial charge in [-0.2, -0.15) is 0 Å². The predicted molar refractivity (Wildman–Crippen MR) is 68.4 cm³/mol. The van der Waals surface area contributed by atoms with Gasteiger partial charge in [0.25, 0.3) is 0 Å². The molecule has 3 heteroatoms. The van der Waals surface area contributed by atoms with Crippen LogP contribution in [0.2, 0.25) is 0 Å². The highest BCUT2D eigenvalue weighted by atomic mass is 16.2. The Kier molecular flexibility index (Phi) is 3.44. The molecule has 0 radical (unpaired) electrons. The summed E-state index contributed by atoms with van der Waals surface area (Å²) in [6.07, 6.45) is 0.639. The largest absolute Gasteiger partial charge is 0.341 e. The third-order valence-electron chi connectivity index (χ3n) is 3.52. The smallest absolute Gasteiger partial charge is 0.222 e. The Bertz CT molecular complexity index is 350. The Morgan fingerprint density at radius 3 is 2.47 bits per heavy atom. The molecule has 0 atom stereocenters. The van der Waals surface area contributed by atoms with Crippen molar-refractivity contribution in [2.45, 2.75) is 27.2 Å². The Morgan fingerprint density at radius 1 is 1.29 bits per heavy atom. The molecule has 0 aromatic rings. The summed E-state index contributed by atoms with van der Waals surface area (Å²) >= 11 is 0. The van der Waals surface area contributed by atoms with Crippen LogP contribution in [0.4, 0.5) is 0 Å². The van der Waals surface area contributed by atoms with Crippen molar-refractivity contribution < 1.29 is 4.79 Å². The molecular weight excluding hydrogens is 212 g/mol. The summed E-state index contributed by atoms with van der Waals surface area (Å²) in [6, 6.07) is 0. The Morgan fingerprint density at radius 2 is 1.94 bits per heavy atom. The van der Waals surface area contributed by atoms with E-state index >= 15 is 0 Å². The number of hydrogen-bond donors (Lipinski definition) is 0. The molecule has 0 aliphatic carbocycles. The summed E-state index contributed by atoms with van der Waals surface area (Å²) in [7, 11) is 0. The van der Waals surface area contributed by atoms with Gasteiger partial charge < -0.3 is 4.90 Å². The first-order chi connectivity index (χ1) is 8.04. The van der Waals surface area contributed by atoms with E-state index in [1.165, 1.54) is 0 Å². The lowest BCUT2D eigenvalue weighted by Crippen LogP contribution is -2.72. The first-order valence-electron chi connectivity index (χ1n) is 6.53. The maximum Gasteiger partial charge on any atom is 0.222 e. The van der Waals surface area contributed by atoms with Gasteiger partial charge >= 0.3 is 0 Å². The molecule has 0 N–H and O–H groups in total. The van der Waals surface area contributed by atoms with Crippen molar-refractivity contribution >= 4 is 5.91 Å². The molecule has 2 saturated heterocycles. The Hall–Kier alpha value is -1.01. The highest BCUT2D eigenvalue weighted by Gasteiger charge is 2.52. The van der Waals surface area contributed by atoms with E-state index in [9.17, 15) is 4.79 Å². The lowest BCUT2D eigenvalue weighted by atomic mass is 9.72. The number of rotatable bonds is 2. The van der Waals surface area contributed by atoms with E-state index in [0.29, 0.717) is 23.7 Å². The molecule has 17 heavy (non-hydrogen) atoms. The topological polar surface area (TPSA) is 23.6 Å². The number of amides is 1. The minimum Gasteiger partial charge on any atom is -0.341 e. The number of hydrogen-bond acceptors (Lipinski definition) is 2. The highest BCUT2D eigenvalue weighted by Crippen LogP contribution is 2.39. The second kappa shape index (κ2) is 4.70. The third kappa shape index (κ3) is 2.63. The third-order valence-corrected chi connectivity index (χ3v) is 3.52. The minimum atomic E-state index is 0.300. The van der Waals surface area contributed by atoms with Crippen molar-refractivity contribution in [3.05, 3.63) is 0 Å². The molecule has 0 bridgehead atoms. The molecule has 0 unspecified atom stereocenters. The zero-order chi connectivity index (χ0) is 12.5. The van der Waals surface area contributed by atoms with E-state index in [0.717, 1.165) is 32.7 Å². The van der Waals surface area contributed by atoms with Crippen LogP contribution in [0.1, 0.15) is 27.2 Å². The SMILES string of the molecule is CCC(=O)N1CC2(CN(CC#CC(C)C)C2)C1. The zero-order valence-corrected chi connectivity index (χ0v) is 11.1. The average Bonchev–Trinajstić information content (AvgIpc) is 2.17. The molecule has 1 spiro atoms. The van der Waals surface area contributed by atoms with Crippen molar-refractivity contribution in [2.24, 2.45) is 11.3 Å². The maximum absolute atomic E-state index is 11.4. The number of likely N-dealkylation sites (tertiary alicyclic amines) is 2. The van der Waals surface area contributed by atoms with Gasteiger partial charge in [0.05, 0.1) is 6.54 Å². The molecule has 0 saturated carbocycles. The second-order valence-corrected chi connectivity index (χ2v) is 5.72. The average molecular weight is 234 g/mol. The fraction of sp³-hybridized carbons (Fsp3) is 0.786. The Balaban J connectivity index is 1.68. The van der Waals surface area contributed by atoms with Crippen molar-refractivity contribution in [2.75, 3.05) is 32.7 Å². The zero-order valence-electron chi connectivity index (χ0n) is 11.1. The van der Waals surface area contributed by atoms with Crippen LogP contribution in [0, 0.1) is 23.2 Å². The van der Waals surface area contributed by atoms with Gasteiger partial charge in [0.1, 0.15) is 0 Å². The molecule has 2 heterocycles. The van der Waals surface area contributed by atoms with Crippen LogP contribution in [0.25, 0.3) is 0 Å². The molecule has 3 nitrogen and oxygen atoms in total. The van der Waals surface area contributed by atoms with Gasteiger partial charge in [-0.25, -0.2) is 0 Å². The van der Waals surface area contributed by atoms with Crippen LogP contribution in [0.3, 0.4) is 0 Å². The van der Waals surface area contributed by atoms with Crippen LogP contribution >= 0.6 is 0 Å². The van der Waals surface area contributed by atoms with E-state index in [1.54, 1.807) is 0 Å². The van der Waals surface area contributed by atoms with Crippen molar-refractivity contribution in [3.63, 3.8) is 0 Å². The molecule has 94 valence electrons. The van der Waals surface area contributed by atoms with Gasteiger partial charge in [-0.3, -0.25) is 9.69 Å². The van der Waals surface area contributed by atoms with Crippen LogP contribution in [0.15, 0.2) is 0 Å². The van der Waals surface area contributed by atoms with Gasteiger partial charge in [-0.05, 0) is 0 Å². The fourth-order valence-electron chi connectivity index (χ4n) is 2.74. The predicted octanol–water partition coefficient (Wildman–Crippen LogP) is 1.20. The van der Waals surface area contributed by atoms with Gasteiger partial charge in [0.2, 0.25) is 5.91 Å². The van der Waals surface area contributed by atoms with Crippen LogP contribution in [0.5, 0.6) is 0 Å². The van der Waals surface area contributed by atoms with E-state index in [2.05, 4.69) is 30.6 Å². The van der Waals surface area contributed by atoms with Crippen LogP contribution < -0.4 is 0 Å². The molecule has 2 aliphatic rings. The molecule has 1 amide bonds. The minimum absolute atomic E-state index is 0.300. The lowest BCUT2D eigenvalue weighted by molar-refractivity contribution is -0.157. The summed E-state index contributed by atoms with van der Waals surface area (Å²) in [5.74, 6) is 7.17. The van der Waals surface area contributed by atoms with Crippen LogP contribution in [-0.2, 0) is 4.79 Å². The first-order valence-corrected chi connectivity index (χ1v) is 6.53. The molecular formula is C14H22N2O. The van der Waals surface area contributed by atoms with Gasteiger partial charge in [-0.15, -0.1) is 0 Å². The molecule has 0 aromatic carbocycles. The molecule has 0 aromatic heterocycles. The summed E-state index contributed by atoms with van der Waals surface area (Å²) in [5.41, 5.74) is 0.421. The second-order valence-electron chi connectivity index (χ2n) is 5.72. The highest BCUT2D eigenvalue weighted by molar-refractivity contribution is 5.77. The van der Waals surface area contributed by atoms with Crippen molar-refractivity contribution in [1.82, 2.24) is 9.80 Å².